The average molecular weight is 422 g/mol. The fraction of sp³-hybridized carbons (Fsp3) is 0.227. The Bertz CT molecular complexity index is 1140. The summed E-state index contributed by atoms with van der Waals surface area (Å²) < 4.78 is 8.29. The SMILES string of the molecule is O=C(CSc1nc2ccccc2s1)N1CCC(Oc2cccc3cccnc23)C1. The van der Waals surface area contributed by atoms with Crippen LogP contribution in [0.4, 0.5) is 0 Å². The van der Waals surface area contributed by atoms with E-state index in [9.17, 15) is 4.79 Å². The van der Waals surface area contributed by atoms with Gasteiger partial charge in [0.1, 0.15) is 17.4 Å². The van der Waals surface area contributed by atoms with Crippen LogP contribution in [0.1, 0.15) is 6.42 Å². The number of aromatic nitrogens is 2. The Balaban J connectivity index is 1.19. The Morgan fingerprint density at radius 2 is 2.07 bits per heavy atom. The molecule has 1 fully saturated rings. The highest BCUT2D eigenvalue weighted by atomic mass is 32.2. The van der Waals surface area contributed by atoms with Crippen molar-refractivity contribution in [2.24, 2.45) is 0 Å². The first-order valence-electron chi connectivity index (χ1n) is 9.53. The number of ether oxygens (including phenoxy) is 1. The fourth-order valence-corrected chi connectivity index (χ4v) is 5.50. The summed E-state index contributed by atoms with van der Waals surface area (Å²) in [4.78, 5) is 23.6. The van der Waals surface area contributed by atoms with Gasteiger partial charge in [0.2, 0.25) is 5.91 Å². The smallest absolute Gasteiger partial charge is 0.233 e. The Hall–Kier alpha value is -2.64. The van der Waals surface area contributed by atoms with E-state index in [1.807, 2.05) is 53.4 Å². The van der Waals surface area contributed by atoms with E-state index in [1.54, 1.807) is 17.5 Å². The van der Waals surface area contributed by atoms with Gasteiger partial charge in [-0.1, -0.05) is 42.1 Å². The quantitative estimate of drug-likeness (QED) is 0.440. The normalized spacial score (nSPS) is 16.6. The van der Waals surface area contributed by atoms with Gasteiger partial charge in [0.25, 0.3) is 0 Å². The summed E-state index contributed by atoms with van der Waals surface area (Å²) in [6, 6.07) is 18.0. The van der Waals surface area contributed by atoms with Gasteiger partial charge in [0.15, 0.2) is 4.34 Å². The van der Waals surface area contributed by atoms with Gasteiger partial charge >= 0.3 is 0 Å². The topological polar surface area (TPSA) is 55.3 Å². The molecule has 29 heavy (non-hydrogen) atoms. The zero-order valence-electron chi connectivity index (χ0n) is 15.7. The highest BCUT2D eigenvalue weighted by Gasteiger charge is 2.28. The number of hydrogen-bond acceptors (Lipinski definition) is 6. The average Bonchev–Trinajstić information content (AvgIpc) is 3.39. The van der Waals surface area contributed by atoms with Crippen LogP contribution in [0.2, 0.25) is 0 Å². The zero-order valence-corrected chi connectivity index (χ0v) is 17.3. The molecule has 0 saturated carbocycles. The fourth-order valence-electron chi connectivity index (χ4n) is 3.53. The number of para-hydroxylation sites is 2. The number of likely N-dealkylation sites (tertiary alicyclic amines) is 1. The number of benzene rings is 2. The van der Waals surface area contributed by atoms with Gasteiger partial charge < -0.3 is 9.64 Å². The lowest BCUT2D eigenvalue weighted by molar-refractivity contribution is -0.127. The molecule has 1 atom stereocenters. The molecule has 2 aromatic carbocycles. The molecule has 0 aliphatic carbocycles. The van der Waals surface area contributed by atoms with E-state index in [0.29, 0.717) is 12.3 Å². The summed E-state index contributed by atoms with van der Waals surface area (Å²) in [5.41, 5.74) is 1.86. The minimum Gasteiger partial charge on any atom is -0.486 e. The monoisotopic (exact) mass is 421 g/mol. The van der Waals surface area contributed by atoms with Gasteiger partial charge in [-0.2, -0.15) is 0 Å². The van der Waals surface area contributed by atoms with Crippen molar-refractivity contribution in [3.05, 3.63) is 60.8 Å². The number of nitrogens with zero attached hydrogens (tertiary/aromatic N) is 3. The van der Waals surface area contributed by atoms with Crippen molar-refractivity contribution in [1.82, 2.24) is 14.9 Å². The number of rotatable bonds is 5. The lowest BCUT2D eigenvalue weighted by Crippen LogP contribution is -2.32. The van der Waals surface area contributed by atoms with Crippen LogP contribution in [0.3, 0.4) is 0 Å². The molecule has 1 amide bonds. The predicted octanol–water partition coefficient (Wildman–Crippen LogP) is 4.62. The molecule has 7 heteroatoms. The molecule has 1 aliphatic heterocycles. The molecule has 5 rings (SSSR count). The van der Waals surface area contributed by atoms with Gasteiger partial charge in [0, 0.05) is 24.5 Å². The lowest BCUT2D eigenvalue weighted by atomic mass is 10.2. The number of thiazole rings is 1. The number of hydrogen-bond donors (Lipinski definition) is 0. The van der Waals surface area contributed by atoms with Crippen LogP contribution in [0.25, 0.3) is 21.1 Å². The number of carbonyl (C=O) groups excluding carboxylic acids is 1. The third kappa shape index (κ3) is 3.93. The Labute approximate surface area is 176 Å². The molecule has 3 heterocycles. The first kappa shape index (κ1) is 18.4. The van der Waals surface area contributed by atoms with E-state index in [2.05, 4.69) is 16.0 Å². The molecule has 0 N–H and O–H groups in total. The van der Waals surface area contributed by atoms with Crippen LogP contribution in [0.5, 0.6) is 5.75 Å². The van der Waals surface area contributed by atoms with E-state index >= 15 is 0 Å². The molecule has 2 aromatic heterocycles. The van der Waals surface area contributed by atoms with E-state index in [4.69, 9.17) is 4.74 Å². The highest BCUT2D eigenvalue weighted by molar-refractivity contribution is 8.01. The van der Waals surface area contributed by atoms with Crippen LogP contribution in [-0.2, 0) is 4.79 Å². The first-order valence-corrected chi connectivity index (χ1v) is 11.3. The van der Waals surface area contributed by atoms with Crippen LogP contribution in [0, 0.1) is 0 Å². The third-order valence-corrected chi connectivity index (χ3v) is 7.14. The number of carbonyl (C=O) groups is 1. The molecule has 1 unspecified atom stereocenters. The van der Waals surface area contributed by atoms with Crippen molar-refractivity contribution in [2.45, 2.75) is 16.9 Å². The van der Waals surface area contributed by atoms with Gasteiger partial charge in [-0.25, -0.2) is 4.98 Å². The Morgan fingerprint density at radius 1 is 1.17 bits per heavy atom. The van der Waals surface area contributed by atoms with Crippen LogP contribution >= 0.6 is 23.1 Å². The molecule has 1 aliphatic rings. The van der Waals surface area contributed by atoms with E-state index in [-0.39, 0.29) is 12.0 Å². The molecular weight excluding hydrogens is 402 g/mol. The number of thioether (sulfide) groups is 1. The van der Waals surface area contributed by atoms with Crippen molar-refractivity contribution in [3.63, 3.8) is 0 Å². The van der Waals surface area contributed by atoms with Crippen molar-refractivity contribution in [2.75, 3.05) is 18.8 Å². The minimum absolute atomic E-state index is 0.000919. The molecule has 0 bridgehead atoms. The predicted molar refractivity (Wildman–Crippen MR) is 118 cm³/mol. The summed E-state index contributed by atoms with van der Waals surface area (Å²) in [6.45, 7) is 1.34. The van der Waals surface area contributed by atoms with Crippen LogP contribution < -0.4 is 4.74 Å². The summed E-state index contributed by atoms with van der Waals surface area (Å²) in [5, 5.41) is 1.06. The molecular formula is C22H19N3O2S2. The summed E-state index contributed by atoms with van der Waals surface area (Å²) in [5.74, 6) is 1.32. The third-order valence-electron chi connectivity index (χ3n) is 4.98. The Morgan fingerprint density at radius 3 is 3.00 bits per heavy atom. The molecule has 146 valence electrons. The van der Waals surface area contributed by atoms with E-state index in [1.165, 1.54) is 11.8 Å². The summed E-state index contributed by atoms with van der Waals surface area (Å²) in [7, 11) is 0. The molecule has 1 saturated heterocycles. The van der Waals surface area contributed by atoms with Crippen LogP contribution in [0.15, 0.2) is 65.1 Å². The van der Waals surface area contributed by atoms with Gasteiger partial charge in [-0.15, -0.1) is 11.3 Å². The van der Waals surface area contributed by atoms with Crippen molar-refractivity contribution < 1.29 is 9.53 Å². The van der Waals surface area contributed by atoms with Gasteiger partial charge in [-0.3, -0.25) is 9.78 Å². The Kier molecular flexibility index (Phi) is 5.08. The van der Waals surface area contributed by atoms with Crippen molar-refractivity contribution in [1.29, 1.82) is 0 Å². The largest absolute Gasteiger partial charge is 0.486 e. The maximum Gasteiger partial charge on any atom is 0.233 e. The number of fused-ring (bicyclic) bond motifs is 2. The lowest BCUT2D eigenvalue weighted by Gasteiger charge is -2.17. The van der Waals surface area contributed by atoms with Gasteiger partial charge in [0.05, 0.1) is 22.5 Å². The maximum absolute atomic E-state index is 12.7. The minimum atomic E-state index is -0.000919. The number of pyridine rings is 1. The second kappa shape index (κ2) is 8.00. The second-order valence-corrected chi connectivity index (χ2v) is 9.19. The molecule has 0 radical (unpaired) electrons. The molecule has 4 aromatic rings. The molecule has 5 nitrogen and oxygen atoms in total. The van der Waals surface area contributed by atoms with Crippen molar-refractivity contribution in [3.8, 4) is 5.75 Å². The first-order chi connectivity index (χ1) is 14.3. The highest BCUT2D eigenvalue weighted by Crippen LogP contribution is 2.30. The van der Waals surface area contributed by atoms with E-state index < -0.39 is 0 Å². The number of amides is 1. The summed E-state index contributed by atoms with van der Waals surface area (Å²) >= 11 is 3.15. The summed E-state index contributed by atoms with van der Waals surface area (Å²) in [6.07, 6.45) is 2.61. The van der Waals surface area contributed by atoms with Crippen LogP contribution in [-0.4, -0.2) is 45.7 Å². The van der Waals surface area contributed by atoms with Crippen molar-refractivity contribution >= 4 is 50.1 Å². The standard InChI is InChI=1S/C22H19N3O2S2/c26-20(14-28-22-24-17-7-1-2-9-19(17)29-22)25-12-10-16(13-25)27-18-8-3-5-15-6-4-11-23-21(15)18/h1-9,11,16H,10,12-14H2. The maximum atomic E-state index is 12.7. The second-order valence-electron chi connectivity index (χ2n) is 6.94. The molecule has 0 spiro atoms. The zero-order chi connectivity index (χ0) is 19.6. The van der Waals surface area contributed by atoms with E-state index in [0.717, 1.165) is 44.2 Å². The van der Waals surface area contributed by atoms with Gasteiger partial charge in [-0.05, 0) is 24.3 Å².